The predicted molar refractivity (Wildman–Crippen MR) is 94.6 cm³/mol. The van der Waals surface area contributed by atoms with Crippen molar-refractivity contribution in [2.45, 2.75) is 18.7 Å². The van der Waals surface area contributed by atoms with E-state index in [0.717, 1.165) is 4.90 Å². The van der Waals surface area contributed by atoms with Crippen molar-refractivity contribution in [2.75, 3.05) is 11.8 Å². The lowest BCUT2D eigenvalue weighted by Crippen LogP contribution is -2.24. The molecule has 1 N–H and O–H groups in total. The van der Waals surface area contributed by atoms with E-state index in [1.165, 1.54) is 31.3 Å². The number of carbonyl (C=O) groups excluding carboxylic acids is 2. The number of carbonyl (C=O) groups is 2. The Labute approximate surface area is 150 Å². The highest BCUT2D eigenvalue weighted by Gasteiger charge is 2.33. The summed E-state index contributed by atoms with van der Waals surface area (Å²) < 4.78 is 27.8. The molecule has 1 aliphatic rings. The minimum Gasteiger partial charge on any atom is -0.280 e. The maximum absolute atomic E-state index is 12.7. The third-order valence-corrected chi connectivity index (χ3v) is 6.02. The van der Waals surface area contributed by atoms with Gasteiger partial charge in [0.15, 0.2) is 0 Å². The molecule has 2 aromatic carbocycles. The van der Waals surface area contributed by atoms with Crippen molar-refractivity contribution < 1.29 is 18.0 Å². The van der Waals surface area contributed by atoms with E-state index in [1.54, 1.807) is 19.9 Å². The summed E-state index contributed by atoms with van der Waals surface area (Å²) in [5, 5.41) is 0.487. The molecule has 0 bridgehead atoms. The maximum Gasteiger partial charge on any atom is 0.262 e. The molecule has 0 saturated heterocycles. The molecule has 0 aromatic heterocycles. The van der Waals surface area contributed by atoms with E-state index < -0.39 is 21.8 Å². The number of hydrogen-bond acceptors (Lipinski definition) is 4. The minimum atomic E-state index is -3.86. The number of rotatable bonds is 3. The summed E-state index contributed by atoms with van der Waals surface area (Å²) in [6.45, 7) is 3.37. The lowest BCUT2D eigenvalue weighted by atomic mass is 10.1. The predicted octanol–water partition coefficient (Wildman–Crippen LogP) is 2.98. The van der Waals surface area contributed by atoms with Crippen LogP contribution < -0.4 is 4.72 Å². The summed E-state index contributed by atoms with van der Waals surface area (Å²) in [7, 11) is -2.48. The van der Waals surface area contributed by atoms with Crippen molar-refractivity contribution in [3.05, 3.63) is 57.6 Å². The Morgan fingerprint density at radius 2 is 1.60 bits per heavy atom. The van der Waals surface area contributed by atoms with Gasteiger partial charge in [-0.1, -0.05) is 11.6 Å². The molecule has 8 heteroatoms. The number of sulfonamides is 1. The highest BCUT2D eigenvalue weighted by molar-refractivity contribution is 7.92. The molecule has 25 heavy (non-hydrogen) atoms. The fourth-order valence-electron chi connectivity index (χ4n) is 2.68. The van der Waals surface area contributed by atoms with Crippen LogP contribution in [0.2, 0.25) is 5.02 Å². The van der Waals surface area contributed by atoms with E-state index in [4.69, 9.17) is 11.6 Å². The Morgan fingerprint density at radius 1 is 0.960 bits per heavy atom. The van der Waals surface area contributed by atoms with Crippen LogP contribution in [0.5, 0.6) is 0 Å². The SMILES string of the molecule is Cc1cc(S(=O)(=O)Nc2ccc3c(c2)C(=O)N(C)C3=O)c(C)cc1Cl. The van der Waals surface area contributed by atoms with Gasteiger partial charge in [-0.25, -0.2) is 8.42 Å². The first-order chi connectivity index (χ1) is 11.6. The third-order valence-electron chi connectivity index (χ3n) is 4.09. The summed E-state index contributed by atoms with van der Waals surface area (Å²) >= 11 is 6.01. The fraction of sp³-hybridized carbons (Fsp3) is 0.176. The maximum atomic E-state index is 12.7. The van der Waals surface area contributed by atoms with Gasteiger partial charge in [0.1, 0.15) is 0 Å². The number of hydrogen-bond donors (Lipinski definition) is 1. The Hall–Kier alpha value is -2.38. The van der Waals surface area contributed by atoms with E-state index in [1.807, 2.05) is 0 Å². The van der Waals surface area contributed by atoms with E-state index in [0.29, 0.717) is 16.1 Å². The normalized spacial score (nSPS) is 14.0. The van der Waals surface area contributed by atoms with Gasteiger partial charge in [0, 0.05) is 17.8 Å². The first kappa shape index (κ1) is 17.4. The molecular formula is C17H15ClN2O4S. The van der Waals surface area contributed by atoms with E-state index >= 15 is 0 Å². The van der Waals surface area contributed by atoms with Crippen molar-refractivity contribution in [2.24, 2.45) is 0 Å². The number of nitrogens with zero attached hydrogens (tertiary/aromatic N) is 1. The number of anilines is 1. The van der Waals surface area contributed by atoms with Gasteiger partial charge in [-0.3, -0.25) is 19.2 Å². The molecule has 3 rings (SSSR count). The molecule has 0 fully saturated rings. The molecule has 1 aliphatic heterocycles. The first-order valence-electron chi connectivity index (χ1n) is 7.38. The van der Waals surface area contributed by atoms with Gasteiger partial charge in [-0.05, 0) is 55.3 Å². The van der Waals surface area contributed by atoms with E-state index in [-0.39, 0.29) is 21.7 Å². The average molecular weight is 379 g/mol. The quantitative estimate of drug-likeness (QED) is 0.832. The third kappa shape index (κ3) is 2.89. The van der Waals surface area contributed by atoms with Crippen molar-refractivity contribution >= 4 is 39.1 Å². The number of halogens is 1. The molecule has 1 heterocycles. The number of nitrogens with one attached hydrogen (secondary N) is 1. The Kier molecular flexibility index (Phi) is 4.09. The second kappa shape index (κ2) is 5.86. The van der Waals surface area contributed by atoms with Crippen LogP contribution in [-0.2, 0) is 10.0 Å². The molecule has 0 aliphatic carbocycles. The van der Waals surface area contributed by atoms with Crippen molar-refractivity contribution in [1.29, 1.82) is 0 Å². The number of amides is 2. The molecule has 0 saturated carbocycles. The summed E-state index contributed by atoms with van der Waals surface area (Å²) in [4.78, 5) is 25.0. The van der Waals surface area contributed by atoms with Crippen LogP contribution >= 0.6 is 11.6 Å². The monoisotopic (exact) mass is 378 g/mol. The van der Waals surface area contributed by atoms with Crippen LogP contribution in [0.1, 0.15) is 31.8 Å². The number of benzene rings is 2. The van der Waals surface area contributed by atoms with Crippen LogP contribution in [0.3, 0.4) is 0 Å². The Morgan fingerprint density at radius 3 is 2.28 bits per heavy atom. The Balaban J connectivity index is 2.00. The zero-order chi connectivity index (χ0) is 18.5. The zero-order valence-corrected chi connectivity index (χ0v) is 15.3. The highest BCUT2D eigenvalue weighted by atomic mass is 35.5. The molecular weight excluding hydrogens is 364 g/mol. The van der Waals surface area contributed by atoms with Gasteiger partial charge in [0.25, 0.3) is 21.8 Å². The number of fused-ring (bicyclic) bond motifs is 1. The Bertz CT molecular complexity index is 1030. The molecule has 0 radical (unpaired) electrons. The topological polar surface area (TPSA) is 83.6 Å². The lowest BCUT2D eigenvalue weighted by Gasteiger charge is -2.12. The van der Waals surface area contributed by atoms with E-state index in [9.17, 15) is 18.0 Å². The van der Waals surface area contributed by atoms with Gasteiger partial charge in [0.2, 0.25) is 0 Å². The van der Waals surface area contributed by atoms with Crippen molar-refractivity contribution in [3.63, 3.8) is 0 Å². The second-order valence-corrected chi connectivity index (χ2v) is 7.96. The smallest absolute Gasteiger partial charge is 0.262 e. The highest BCUT2D eigenvalue weighted by Crippen LogP contribution is 2.28. The van der Waals surface area contributed by atoms with Crippen LogP contribution in [0, 0.1) is 13.8 Å². The van der Waals surface area contributed by atoms with Crippen molar-refractivity contribution in [1.82, 2.24) is 4.90 Å². The molecule has 0 atom stereocenters. The van der Waals surface area contributed by atoms with Crippen LogP contribution in [-0.4, -0.2) is 32.2 Å². The van der Waals surface area contributed by atoms with Gasteiger partial charge in [-0.2, -0.15) is 0 Å². The average Bonchev–Trinajstić information content (AvgIpc) is 2.75. The first-order valence-corrected chi connectivity index (χ1v) is 9.24. The molecule has 2 amide bonds. The molecule has 0 unspecified atom stereocenters. The van der Waals surface area contributed by atoms with Crippen LogP contribution in [0.4, 0.5) is 5.69 Å². The number of aryl methyl sites for hydroxylation is 2. The zero-order valence-electron chi connectivity index (χ0n) is 13.8. The standard InChI is InChI=1S/C17H15ClN2O4S/c1-9-7-15(10(2)6-14(9)18)25(23,24)19-11-4-5-12-13(8-11)17(22)20(3)16(12)21/h4-8,19H,1-3H3. The molecule has 2 aromatic rings. The van der Waals surface area contributed by atoms with Gasteiger partial charge in [-0.15, -0.1) is 0 Å². The molecule has 0 spiro atoms. The van der Waals surface area contributed by atoms with Gasteiger partial charge < -0.3 is 0 Å². The van der Waals surface area contributed by atoms with E-state index in [2.05, 4.69) is 4.72 Å². The molecule has 130 valence electrons. The summed E-state index contributed by atoms with van der Waals surface area (Å²) in [6, 6.07) is 7.35. The molecule has 6 nitrogen and oxygen atoms in total. The summed E-state index contributed by atoms with van der Waals surface area (Å²) in [5.74, 6) is -0.863. The summed E-state index contributed by atoms with van der Waals surface area (Å²) in [6.07, 6.45) is 0. The second-order valence-electron chi connectivity index (χ2n) is 5.90. The van der Waals surface area contributed by atoms with Crippen molar-refractivity contribution in [3.8, 4) is 0 Å². The largest absolute Gasteiger partial charge is 0.280 e. The van der Waals surface area contributed by atoms with Crippen LogP contribution in [0.15, 0.2) is 35.2 Å². The fourth-order valence-corrected chi connectivity index (χ4v) is 4.26. The van der Waals surface area contributed by atoms with Crippen LogP contribution in [0.25, 0.3) is 0 Å². The minimum absolute atomic E-state index is 0.106. The summed E-state index contributed by atoms with van der Waals surface area (Å²) in [5.41, 5.74) is 1.80. The number of imide groups is 1. The van der Waals surface area contributed by atoms with Gasteiger partial charge in [0.05, 0.1) is 16.0 Å². The van der Waals surface area contributed by atoms with Gasteiger partial charge >= 0.3 is 0 Å². The lowest BCUT2D eigenvalue weighted by molar-refractivity contribution is 0.0693.